The van der Waals surface area contributed by atoms with Crippen molar-refractivity contribution in [3.05, 3.63) is 32.9 Å². The molecule has 0 bridgehead atoms. The molecule has 3 nitrogen and oxygen atoms in total. The normalized spacial score (nSPS) is 11.2. The van der Waals surface area contributed by atoms with E-state index < -0.39 is 0 Å². The summed E-state index contributed by atoms with van der Waals surface area (Å²) in [6.45, 7) is 2.32. The molecule has 0 aliphatic heterocycles. The third kappa shape index (κ3) is 3.10. The van der Waals surface area contributed by atoms with Crippen molar-refractivity contribution >= 4 is 42.8 Å². The van der Waals surface area contributed by atoms with Crippen LogP contribution in [0, 0.1) is 0 Å². The summed E-state index contributed by atoms with van der Waals surface area (Å²) in [5.74, 6) is 0. The Bertz CT molecular complexity index is 510. The van der Waals surface area contributed by atoms with Crippen LogP contribution in [-0.2, 0) is 11.3 Å². The lowest BCUT2D eigenvalue weighted by molar-refractivity contribution is 0.199. The first-order valence-corrected chi connectivity index (χ1v) is 6.85. The zero-order chi connectivity index (χ0) is 12.3. The van der Waals surface area contributed by atoms with Crippen LogP contribution in [0.5, 0.6) is 0 Å². The Morgan fingerprint density at radius 1 is 1.35 bits per heavy atom. The van der Waals surface area contributed by atoms with Gasteiger partial charge < -0.3 is 14.5 Å². The predicted octanol–water partition coefficient (Wildman–Crippen LogP) is 3.69. The van der Waals surface area contributed by atoms with Crippen molar-refractivity contribution in [2.75, 3.05) is 20.3 Å². The molecule has 5 heteroatoms. The first-order valence-electron chi connectivity index (χ1n) is 5.27. The maximum atomic E-state index is 5.55. The molecule has 0 saturated carbocycles. The van der Waals surface area contributed by atoms with Gasteiger partial charge in [0.25, 0.3) is 0 Å². The lowest BCUT2D eigenvalue weighted by Crippen LogP contribution is -2.18. The number of rotatable bonds is 5. The molecule has 0 unspecified atom stereocenters. The van der Waals surface area contributed by atoms with Gasteiger partial charge in [-0.15, -0.1) is 0 Å². The molecule has 0 saturated heterocycles. The first-order chi connectivity index (χ1) is 8.22. The average Bonchev–Trinajstić information content (AvgIpc) is 2.68. The van der Waals surface area contributed by atoms with Crippen LogP contribution >= 0.6 is 31.9 Å². The smallest absolute Gasteiger partial charge is 0.148 e. The molecule has 0 fully saturated rings. The van der Waals surface area contributed by atoms with Crippen molar-refractivity contribution in [3.63, 3.8) is 0 Å². The highest BCUT2D eigenvalue weighted by Gasteiger charge is 2.09. The second kappa shape index (κ2) is 6.00. The van der Waals surface area contributed by atoms with Gasteiger partial charge in [0.2, 0.25) is 0 Å². The average molecular weight is 363 g/mol. The number of hydrogen-bond acceptors (Lipinski definition) is 3. The number of ether oxygens (including phenoxy) is 1. The number of fused-ring (bicyclic) bond motifs is 1. The number of furan rings is 1. The minimum absolute atomic E-state index is 0.711. The maximum absolute atomic E-state index is 5.55. The quantitative estimate of drug-likeness (QED) is 0.823. The number of halogens is 2. The predicted molar refractivity (Wildman–Crippen MR) is 75.2 cm³/mol. The van der Waals surface area contributed by atoms with E-state index in [0.29, 0.717) is 6.61 Å². The van der Waals surface area contributed by atoms with Gasteiger partial charge >= 0.3 is 0 Å². The van der Waals surface area contributed by atoms with Gasteiger partial charge in [-0.25, -0.2) is 0 Å². The molecular weight excluding hydrogens is 350 g/mol. The SMILES string of the molecule is COCCNCc1coc2c(Br)cc(Br)cc12. The van der Waals surface area contributed by atoms with Gasteiger partial charge in [-0.3, -0.25) is 0 Å². The molecule has 0 aliphatic carbocycles. The van der Waals surface area contributed by atoms with Gasteiger partial charge in [0.05, 0.1) is 17.3 Å². The molecular formula is C12H13Br2NO2. The van der Waals surface area contributed by atoms with E-state index in [1.165, 1.54) is 0 Å². The molecule has 0 amide bonds. The van der Waals surface area contributed by atoms with E-state index in [1.807, 2.05) is 6.07 Å². The van der Waals surface area contributed by atoms with E-state index >= 15 is 0 Å². The third-order valence-electron chi connectivity index (χ3n) is 2.47. The second-order valence-corrected chi connectivity index (χ2v) is 5.46. The van der Waals surface area contributed by atoms with Crippen molar-refractivity contribution in [3.8, 4) is 0 Å². The molecule has 1 heterocycles. The van der Waals surface area contributed by atoms with Gasteiger partial charge in [0.1, 0.15) is 5.58 Å². The molecule has 0 spiro atoms. The van der Waals surface area contributed by atoms with E-state index in [-0.39, 0.29) is 0 Å². The van der Waals surface area contributed by atoms with E-state index in [2.05, 4.69) is 43.2 Å². The Balaban J connectivity index is 2.18. The Morgan fingerprint density at radius 3 is 2.94 bits per heavy atom. The van der Waals surface area contributed by atoms with Gasteiger partial charge in [-0.05, 0) is 28.1 Å². The fourth-order valence-corrected chi connectivity index (χ4v) is 2.97. The van der Waals surface area contributed by atoms with Gasteiger partial charge in [0.15, 0.2) is 0 Å². The molecule has 0 aliphatic rings. The molecule has 0 radical (unpaired) electrons. The van der Waals surface area contributed by atoms with Crippen molar-refractivity contribution in [2.24, 2.45) is 0 Å². The van der Waals surface area contributed by atoms with Crippen LogP contribution in [0.25, 0.3) is 11.0 Å². The number of nitrogens with one attached hydrogen (secondary N) is 1. The maximum Gasteiger partial charge on any atom is 0.148 e. The highest BCUT2D eigenvalue weighted by atomic mass is 79.9. The third-order valence-corrected chi connectivity index (χ3v) is 3.52. The monoisotopic (exact) mass is 361 g/mol. The van der Waals surface area contributed by atoms with Crippen LogP contribution in [0.3, 0.4) is 0 Å². The molecule has 2 rings (SSSR count). The van der Waals surface area contributed by atoms with Crippen LogP contribution in [0.1, 0.15) is 5.56 Å². The van der Waals surface area contributed by atoms with Crippen LogP contribution in [-0.4, -0.2) is 20.3 Å². The fraction of sp³-hybridized carbons (Fsp3) is 0.333. The number of benzene rings is 1. The lowest BCUT2D eigenvalue weighted by atomic mass is 10.2. The molecule has 1 aromatic heterocycles. The van der Waals surface area contributed by atoms with Crippen LogP contribution in [0.15, 0.2) is 31.8 Å². The Morgan fingerprint density at radius 2 is 2.18 bits per heavy atom. The Kier molecular flexibility index (Phi) is 4.62. The molecule has 92 valence electrons. The number of hydrogen-bond donors (Lipinski definition) is 1. The molecule has 0 atom stereocenters. The van der Waals surface area contributed by atoms with E-state index in [4.69, 9.17) is 9.15 Å². The topological polar surface area (TPSA) is 34.4 Å². The first kappa shape index (κ1) is 13.1. The largest absolute Gasteiger partial charge is 0.463 e. The van der Waals surface area contributed by atoms with Gasteiger partial charge in [-0.1, -0.05) is 15.9 Å². The zero-order valence-corrected chi connectivity index (χ0v) is 12.6. The van der Waals surface area contributed by atoms with Gasteiger partial charge in [-0.2, -0.15) is 0 Å². The summed E-state index contributed by atoms with van der Waals surface area (Å²) in [6.07, 6.45) is 1.79. The van der Waals surface area contributed by atoms with E-state index in [1.54, 1.807) is 13.4 Å². The standard InChI is InChI=1S/C12H13Br2NO2/c1-16-3-2-15-6-8-7-17-12-10(8)4-9(13)5-11(12)14/h4-5,7,15H,2-3,6H2,1H3. The van der Waals surface area contributed by atoms with Gasteiger partial charge in [0, 0.05) is 35.6 Å². The summed E-state index contributed by atoms with van der Waals surface area (Å²) < 4.78 is 12.5. The van der Waals surface area contributed by atoms with Crippen LogP contribution < -0.4 is 5.32 Å². The minimum atomic E-state index is 0.711. The second-order valence-electron chi connectivity index (χ2n) is 3.69. The highest BCUT2D eigenvalue weighted by molar-refractivity contribution is 9.11. The zero-order valence-electron chi connectivity index (χ0n) is 9.43. The molecule has 2 aromatic rings. The lowest BCUT2D eigenvalue weighted by Gasteiger charge is -2.02. The summed E-state index contributed by atoms with van der Waals surface area (Å²) in [6, 6.07) is 4.05. The fourth-order valence-electron chi connectivity index (χ4n) is 1.65. The minimum Gasteiger partial charge on any atom is -0.463 e. The van der Waals surface area contributed by atoms with Crippen LogP contribution in [0.4, 0.5) is 0 Å². The van der Waals surface area contributed by atoms with Crippen molar-refractivity contribution < 1.29 is 9.15 Å². The molecule has 1 aromatic carbocycles. The summed E-state index contributed by atoms with van der Waals surface area (Å²) in [5, 5.41) is 4.43. The number of methoxy groups -OCH3 is 1. The molecule has 1 N–H and O–H groups in total. The van der Waals surface area contributed by atoms with Crippen molar-refractivity contribution in [1.29, 1.82) is 0 Å². The van der Waals surface area contributed by atoms with E-state index in [0.717, 1.165) is 38.6 Å². The summed E-state index contributed by atoms with van der Waals surface area (Å²) >= 11 is 6.97. The highest BCUT2D eigenvalue weighted by Crippen LogP contribution is 2.31. The van der Waals surface area contributed by atoms with Crippen LogP contribution in [0.2, 0.25) is 0 Å². The van der Waals surface area contributed by atoms with E-state index in [9.17, 15) is 0 Å². The summed E-state index contributed by atoms with van der Waals surface area (Å²) in [5.41, 5.74) is 2.04. The van der Waals surface area contributed by atoms with Crippen molar-refractivity contribution in [1.82, 2.24) is 5.32 Å². The van der Waals surface area contributed by atoms with Crippen molar-refractivity contribution in [2.45, 2.75) is 6.54 Å². The Hall–Kier alpha value is -0.360. The summed E-state index contributed by atoms with van der Waals surface area (Å²) in [7, 11) is 1.70. The summed E-state index contributed by atoms with van der Waals surface area (Å²) in [4.78, 5) is 0. The Labute approximate surface area is 117 Å². The molecule has 17 heavy (non-hydrogen) atoms.